The monoisotopic (exact) mass is 323 g/mol. The summed E-state index contributed by atoms with van der Waals surface area (Å²) in [6.45, 7) is -0.177. The van der Waals surface area contributed by atoms with Crippen LogP contribution in [0.4, 0.5) is 0 Å². The lowest BCUT2D eigenvalue weighted by molar-refractivity contribution is -0.135. The first kappa shape index (κ1) is 13.0. The van der Waals surface area contributed by atoms with Gasteiger partial charge in [-0.3, -0.25) is 4.79 Å². The van der Waals surface area contributed by atoms with Crippen LogP contribution in [0, 0.1) is 0 Å². The van der Waals surface area contributed by atoms with Gasteiger partial charge in [-0.2, -0.15) is 0 Å². The summed E-state index contributed by atoms with van der Waals surface area (Å²) in [6.07, 6.45) is 0. The van der Waals surface area contributed by atoms with E-state index in [9.17, 15) is 4.79 Å². The molecule has 0 aromatic heterocycles. The summed E-state index contributed by atoms with van der Waals surface area (Å²) in [5.74, 6) is -0.932. The maximum absolute atomic E-state index is 10.5. The molecule has 0 heterocycles. The van der Waals surface area contributed by atoms with Gasteiger partial charge in [0, 0.05) is 10.0 Å². The van der Waals surface area contributed by atoms with Crippen molar-refractivity contribution in [2.24, 2.45) is 0 Å². The lowest BCUT2D eigenvalue weighted by Crippen LogP contribution is -2.28. The lowest BCUT2D eigenvalue weighted by Gasteiger charge is -2.10. The average molecular weight is 324 g/mol. The summed E-state index contributed by atoms with van der Waals surface area (Å²) in [5.41, 5.74) is 0.838. The zero-order valence-corrected chi connectivity index (χ0v) is 11.7. The van der Waals surface area contributed by atoms with Gasteiger partial charge in [0.2, 0.25) is 0 Å². The van der Waals surface area contributed by atoms with Crippen molar-refractivity contribution in [1.29, 1.82) is 0 Å². The van der Waals surface area contributed by atoms with Crippen molar-refractivity contribution in [2.75, 3.05) is 6.54 Å². The van der Waals surface area contributed by atoms with Crippen molar-refractivity contribution in [2.45, 2.75) is 0 Å². The second-order valence-electron chi connectivity index (χ2n) is 3.72. The highest BCUT2D eigenvalue weighted by atomic mass is 79.9. The Balaban J connectivity index is 2.42. The van der Waals surface area contributed by atoms with Crippen molar-refractivity contribution in [3.05, 3.63) is 46.4 Å². The Labute approximate surface area is 118 Å². The average Bonchev–Trinajstić information content (AvgIpc) is 2.36. The van der Waals surface area contributed by atoms with Crippen LogP contribution in [0.1, 0.15) is 5.56 Å². The Kier molecular flexibility index (Phi) is 3.93. The fraction of sp³-hybridized carbons (Fsp3) is 0.0769. The number of thiocarbonyl (C=S) groups is 1. The summed E-state index contributed by atoms with van der Waals surface area (Å²) < 4.78 is 0.989. The van der Waals surface area contributed by atoms with E-state index in [-0.39, 0.29) is 6.54 Å². The predicted molar refractivity (Wildman–Crippen MR) is 79.0 cm³/mol. The van der Waals surface area contributed by atoms with Gasteiger partial charge in [0.05, 0.1) is 0 Å². The van der Waals surface area contributed by atoms with Crippen molar-refractivity contribution in [3.8, 4) is 0 Å². The number of halogens is 1. The highest BCUT2D eigenvalue weighted by Crippen LogP contribution is 2.26. The molecule has 0 aliphatic heterocycles. The lowest BCUT2D eigenvalue weighted by atomic mass is 10.0. The first-order chi connectivity index (χ1) is 8.59. The fourth-order valence-corrected chi connectivity index (χ4v) is 2.47. The zero-order chi connectivity index (χ0) is 13.1. The second-order valence-corrected chi connectivity index (χ2v) is 4.98. The molecule has 2 aromatic carbocycles. The van der Waals surface area contributed by atoms with E-state index in [1.54, 1.807) is 0 Å². The van der Waals surface area contributed by atoms with Crippen LogP contribution >= 0.6 is 28.1 Å². The molecule has 0 fully saturated rings. The Hall–Kier alpha value is -1.46. The number of hydrogen-bond donors (Lipinski definition) is 2. The van der Waals surface area contributed by atoms with E-state index in [0.717, 1.165) is 20.8 Å². The molecule has 2 N–H and O–H groups in total. The largest absolute Gasteiger partial charge is 0.480 e. The van der Waals surface area contributed by atoms with Crippen molar-refractivity contribution < 1.29 is 9.90 Å². The first-order valence-electron chi connectivity index (χ1n) is 5.27. The summed E-state index contributed by atoms with van der Waals surface area (Å²) in [6, 6.07) is 11.6. The van der Waals surface area contributed by atoms with Crippen LogP contribution < -0.4 is 5.32 Å². The highest BCUT2D eigenvalue weighted by molar-refractivity contribution is 9.10. The number of rotatable bonds is 3. The Morgan fingerprint density at radius 2 is 1.89 bits per heavy atom. The van der Waals surface area contributed by atoms with Gasteiger partial charge < -0.3 is 10.4 Å². The number of carboxylic acid groups (broad SMARTS) is 1. The van der Waals surface area contributed by atoms with Gasteiger partial charge in [-0.15, -0.1) is 0 Å². The Morgan fingerprint density at radius 3 is 2.61 bits per heavy atom. The van der Waals surface area contributed by atoms with E-state index in [2.05, 4.69) is 21.2 Å². The van der Waals surface area contributed by atoms with Gasteiger partial charge in [0.15, 0.2) is 0 Å². The highest BCUT2D eigenvalue weighted by Gasteiger charge is 2.08. The minimum Gasteiger partial charge on any atom is -0.480 e. The van der Waals surface area contributed by atoms with Crippen LogP contribution in [0.15, 0.2) is 40.9 Å². The van der Waals surface area contributed by atoms with Crippen molar-refractivity contribution in [3.63, 3.8) is 0 Å². The molecule has 0 radical (unpaired) electrons. The van der Waals surface area contributed by atoms with E-state index in [1.807, 2.05) is 36.4 Å². The molecule has 0 aliphatic carbocycles. The number of hydrogen-bond acceptors (Lipinski definition) is 2. The van der Waals surface area contributed by atoms with Crippen LogP contribution in [0.5, 0.6) is 0 Å². The van der Waals surface area contributed by atoms with Crippen LogP contribution in [-0.4, -0.2) is 22.6 Å². The van der Waals surface area contributed by atoms with Crippen LogP contribution in [0.2, 0.25) is 0 Å². The van der Waals surface area contributed by atoms with E-state index < -0.39 is 5.97 Å². The number of fused-ring (bicyclic) bond motifs is 1. The summed E-state index contributed by atoms with van der Waals surface area (Å²) in [4.78, 5) is 11.0. The molecule has 2 rings (SSSR count). The molecule has 0 saturated carbocycles. The van der Waals surface area contributed by atoms with Crippen LogP contribution in [-0.2, 0) is 4.79 Å². The first-order valence-corrected chi connectivity index (χ1v) is 6.47. The SMILES string of the molecule is O=C(O)CNC(=S)c1cccc2c(Br)cccc12. The van der Waals surface area contributed by atoms with Gasteiger partial charge >= 0.3 is 5.97 Å². The number of nitrogens with one attached hydrogen (secondary N) is 1. The maximum atomic E-state index is 10.5. The molecule has 0 saturated heterocycles. The van der Waals surface area contributed by atoms with Gasteiger partial charge in [-0.05, 0) is 16.8 Å². The fourth-order valence-electron chi connectivity index (χ4n) is 1.72. The van der Waals surface area contributed by atoms with Crippen molar-refractivity contribution >= 4 is 49.9 Å². The second kappa shape index (κ2) is 5.46. The Morgan fingerprint density at radius 1 is 1.22 bits per heavy atom. The minimum absolute atomic E-state index is 0.177. The molecule has 92 valence electrons. The molecule has 3 nitrogen and oxygen atoms in total. The normalized spacial score (nSPS) is 10.3. The third-order valence-corrected chi connectivity index (χ3v) is 3.57. The molecule has 5 heteroatoms. The number of carbonyl (C=O) groups is 1. The molecule has 2 aromatic rings. The zero-order valence-electron chi connectivity index (χ0n) is 9.31. The molecular weight excluding hydrogens is 314 g/mol. The molecule has 0 bridgehead atoms. The van der Waals surface area contributed by atoms with E-state index >= 15 is 0 Å². The van der Waals surface area contributed by atoms with Gasteiger partial charge in [0.1, 0.15) is 11.5 Å². The van der Waals surface area contributed by atoms with E-state index in [0.29, 0.717) is 4.99 Å². The van der Waals surface area contributed by atoms with Gasteiger partial charge in [-0.1, -0.05) is 58.5 Å². The standard InChI is InChI=1S/C13H10BrNO2S/c14-11-6-2-3-8-9(11)4-1-5-10(8)13(18)15-7-12(16)17/h1-6H,7H2,(H,15,18)(H,16,17). The molecule has 0 unspecified atom stereocenters. The molecule has 0 amide bonds. The molecule has 0 aliphatic rings. The quantitative estimate of drug-likeness (QED) is 0.853. The van der Waals surface area contributed by atoms with Crippen LogP contribution in [0.3, 0.4) is 0 Å². The number of aliphatic carboxylic acids is 1. The third kappa shape index (κ3) is 2.68. The van der Waals surface area contributed by atoms with Gasteiger partial charge in [-0.25, -0.2) is 0 Å². The smallest absolute Gasteiger partial charge is 0.322 e. The molecule has 0 spiro atoms. The topological polar surface area (TPSA) is 49.3 Å². The van der Waals surface area contributed by atoms with Gasteiger partial charge in [0.25, 0.3) is 0 Å². The van der Waals surface area contributed by atoms with E-state index in [4.69, 9.17) is 17.3 Å². The predicted octanol–water partition coefficient (Wildman–Crippen LogP) is 2.95. The molecular formula is C13H10BrNO2S. The maximum Gasteiger partial charge on any atom is 0.322 e. The Bertz CT molecular complexity index is 627. The number of carboxylic acids is 1. The minimum atomic E-state index is -0.932. The molecule has 0 atom stereocenters. The van der Waals surface area contributed by atoms with Crippen molar-refractivity contribution in [1.82, 2.24) is 5.32 Å². The third-order valence-electron chi connectivity index (χ3n) is 2.51. The summed E-state index contributed by atoms with van der Waals surface area (Å²) in [7, 11) is 0. The summed E-state index contributed by atoms with van der Waals surface area (Å²) in [5, 5.41) is 13.4. The molecule has 18 heavy (non-hydrogen) atoms. The summed E-state index contributed by atoms with van der Waals surface area (Å²) >= 11 is 8.70. The number of benzene rings is 2. The van der Waals surface area contributed by atoms with E-state index in [1.165, 1.54) is 0 Å². The van der Waals surface area contributed by atoms with Crippen LogP contribution in [0.25, 0.3) is 10.8 Å².